The van der Waals surface area contributed by atoms with Crippen LogP contribution in [0.1, 0.15) is 27.9 Å². The summed E-state index contributed by atoms with van der Waals surface area (Å²) in [7, 11) is 0. The van der Waals surface area contributed by atoms with Crippen molar-refractivity contribution in [2.24, 2.45) is 0 Å². The summed E-state index contributed by atoms with van der Waals surface area (Å²) >= 11 is 0. The van der Waals surface area contributed by atoms with Gasteiger partial charge >= 0.3 is 0 Å². The number of aromatic hydroxyl groups is 1. The molecule has 1 fully saturated rings. The lowest BCUT2D eigenvalue weighted by molar-refractivity contribution is 0.0939. The number of nitrogens with one attached hydrogen (secondary N) is 2. The van der Waals surface area contributed by atoms with Gasteiger partial charge in [0.2, 0.25) is 5.88 Å². The average molecular weight is 388 g/mol. The highest BCUT2D eigenvalue weighted by molar-refractivity contribution is 5.94. The molecule has 0 aliphatic carbocycles. The first-order chi connectivity index (χ1) is 14.1. The molecule has 3 heterocycles. The molecule has 0 spiro atoms. The maximum atomic E-state index is 12.3. The topological polar surface area (TPSA) is 116 Å². The summed E-state index contributed by atoms with van der Waals surface area (Å²) in [5.41, 5.74) is 3.20. The van der Waals surface area contributed by atoms with E-state index in [2.05, 4.69) is 26.8 Å². The molecule has 8 heteroatoms. The van der Waals surface area contributed by atoms with Crippen LogP contribution in [-0.4, -0.2) is 44.9 Å². The highest BCUT2D eigenvalue weighted by atomic mass is 16.3. The van der Waals surface area contributed by atoms with Crippen LogP contribution >= 0.6 is 0 Å². The number of carbonyl (C=O) groups excluding carboxylic acids is 1. The number of nitriles is 1. The van der Waals surface area contributed by atoms with Gasteiger partial charge in [-0.15, -0.1) is 0 Å². The zero-order valence-electron chi connectivity index (χ0n) is 15.9. The second-order valence-electron chi connectivity index (χ2n) is 7.00. The van der Waals surface area contributed by atoms with Crippen LogP contribution in [0.5, 0.6) is 5.88 Å². The Balaban J connectivity index is 1.56. The van der Waals surface area contributed by atoms with Gasteiger partial charge in [0.05, 0.1) is 29.0 Å². The average Bonchev–Trinajstić information content (AvgIpc) is 3.38. The van der Waals surface area contributed by atoms with Crippen molar-refractivity contribution in [3.05, 3.63) is 59.4 Å². The van der Waals surface area contributed by atoms with Crippen LogP contribution in [0.2, 0.25) is 0 Å². The fourth-order valence-corrected chi connectivity index (χ4v) is 3.43. The highest BCUT2D eigenvalue weighted by Crippen LogP contribution is 2.33. The first-order valence-electron chi connectivity index (χ1n) is 9.33. The highest BCUT2D eigenvalue weighted by Gasteiger charge is 2.19. The zero-order chi connectivity index (χ0) is 20.4. The van der Waals surface area contributed by atoms with Crippen molar-refractivity contribution in [1.82, 2.24) is 25.4 Å². The molecule has 0 radical (unpaired) electrons. The molecule has 146 valence electrons. The Morgan fingerprint density at radius 2 is 2.17 bits per heavy atom. The predicted octanol–water partition coefficient (Wildman–Crippen LogP) is 1.91. The Morgan fingerprint density at radius 3 is 2.83 bits per heavy atom. The third-order valence-electron chi connectivity index (χ3n) is 5.01. The van der Waals surface area contributed by atoms with Gasteiger partial charge in [0, 0.05) is 18.8 Å². The van der Waals surface area contributed by atoms with Crippen molar-refractivity contribution in [3.63, 3.8) is 0 Å². The molecule has 0 saturated carbocycles. The Bertz CT molecular complexity index is 1090. The van der Waals surface area contributed by atoms with Gasteiger partial charge in [0.15, 0.2) is 5.82 Å². The number of hydrogen-bond acceptors (Lipinski definition) is 6. The normalized spacial score (nSPS) is 15.8. The van der Waals surface area contributed by atoms with Gasteiger partial charge in [-0.1, -0.05) is 6.07 Å². The van der Waals surface area contributed by atoms with Crippen LogP contribution in [0.25, 0.3) is 16.9 Å². The minimum absolute atomic E-state index is 0.0560. The van der Waals surface area contributed by atoms with E-state index >= 15 is 0 Å². The second kappa shape index (κ2) is 7.73. The van der Waals surface area contributed by atoms with Crippen LogP contribution in [0.3, 0.4) is 0 Å². The van der Waals surface area contributed by atoms with Crippen molar-refractivity contribution in [1.29, 1.82) is 5.26 Å². The van der Waals surface area contributed by atoms with Gasteiger partial charge in [0.25, 0.3) is 5.91 Å². The molecule has 1 aliphatic heterocycles. The Morgan fingerprint density at radius 1 is 1.31 bits per heavy atom. The Hall–Kier alpha value is -3.70. The summed E-state index contributed by atoms with van der Waals surface area (Å²) in [5.74, 6) is 0.176. The quantitative estimate of drug-likeness (QED) is 0.629. The van der Waals surface area contributed by atoms with E-state index in [0.717, 1.165) is 30.6 Å². The van der Waals surface area contributed by atoms with Crippen LogP contribution in [-0.2, 0) is 0 Å². The van der Waals surface area contributed by atoms with Crippen molar-refractivity contribution in [2.45, 2.75) is 19.4 Å². The minimum atomic E-state index is -0.170. The number of aryl methyl sites for hydroxylation is 1. The third kappa shape index (κ3) is 3.68. The smallest absolute Gasteiger partial charge is 0.253 e. The van der Waals surface area contributed by atoms with Crippen molar-refractivity contribution < 1.29 is 9.90 Å². The number of rotatable bonds is 4. The van der Waals surface area contributed by atoms with E-state index in [9.17, 15) is 9.90 Å². The molecule has 1 aliphatic rings. The molecule has 0 bridgehead atoms. The van der Waals surface area contributed by atoms with E-state index in [-0.39, 0.29) is 17.8 Å². The number of carbonyl (C=O) groups is 1. The van der Waals surface area contributed by atoms with Gasteiger partial charge in [-0.05, 0) is 55.3 Å². The van der Waals surface area contributed by atoms with E-state index in [1.54, 1.807) is 36.5 Å². The largest absolute Gasteiger partial charge is 0.493 e. The number of hydrogen-bond donors (Lipinski definition) is 3. The van der Waals surface area contributed by atoms with Gasteiger partial charge in [-0.25, -0.2) is 4.98 Å². The number of pyridine rings is 1. The number of nitrogens with zero attached hydrogens (tertiary/aromatic N) is 4. The number of amides is 1. The zero-order valence-corrected chi connectivity index (χ0v) is 15.9. The van der Waals surface area contributed by atoms with E-state index in [1.807, 2.05) is 6.92 Å². The van der Waals surface area contributed by atoms with Gasteiger partial charge in [0.1, 0.15) is 0 Å². The summed E-state index contributed by atoms with van der Waals surface area (Å²) < 4.78 is 1.32. The fourth-order valence-electron chi connectivity index (χ4n) is 3.43. The molecule has 4 rings (SSSR count). The fraction of sp³-hybridized carbons (Fsp3) is 0.238. The van der Waals surface area contributed by atoms with E-state index in [1.165, 1.54) is 10.9 Å². The molecule has 3 N–H and O–H groups in total. The minimum Gasteiger partial charge on any atom is -0.493 e. The van der Waals surface area contributed by atoms with Gasteiger partial charge < -0.3 is 15.7 Å². The van der Waals surface area contributed by atoms with Crippen LogP contribution in [0.15, 0.2) is 42.7 Å². The standard InChI is InChI=1S/C21H20N6O2/c1-13-8-14(9-22)2-4-17(13)18-12-25-27(21(18)29)19-5-3-15(10-24-19)20(28)26-16-6-7-23-11-16/h2-5,8,10,12,16,23,29H,6-7,11H2,1H3,(H,26,28)/t16-/m0/s1. The molecule has 1 saturated heterocycles. The van der Waals surface area contributed by atoms with Gasteiger partial charge in [-0.2, -0.15) is 15.0 Å². The summed E-state index contributed by atoms with van der Waals surface area (Å²) in [5, 5.41) is 30.1. The first-order valence-corrected chi connectivity index (χ1v) is 9.33. The van der Waals surface area contributed by atoms with Crippen LogP contribution < -0.4 is 10.6 Å². The van der Waals surface area contributed by atoms with Gasteiger partial charge in [-0.3, -0.25) is 4.79 Å². The molecule has 3 aromatic rings. The Labute approximate surface area is 167 Å². The van der Waals surface area contributed by atoms with Crippen molar-refractivity contribution >= 4 is 5.91 Å². The molecule has 1 amide bonds. The predicted molar refractivity (Wildman–Crippen MR) is 107 cm³/mol. The first kappa shape index (κ1) is 18.7. The summed E-state index contributed by atoms with van der Waals surface area (Å²) in [6, 6.07) is 10.8. The molecule has 0 unspecified atom stereocenters. The summed E-state index contributed by atoms with van der Waals surface area (Å²) in [6.07, 6.45) is 3.94. The van der Waals surface area contributed by atoms with E-state index in [4.69, 9.17) is 5.26 Å². The molecular formula is C21H20N6O2. The lowest BCUT2D eigenvalue weighted by atomic mass is 10.0. The summed E-state index contributed by atoms with van der Waals surface area (Å²) in [4.78, 5) is 16.6. The molecule has 8 nitrogen and oxygen atoms in total. The molecular weight excluding hydrogens is 368 g/mol. The molecule has 1 atom stereocenters. The number of aromatic nitrogens is 3. The SMILES string of the molecule is Cc1cc(C#N)ccc1-c1cnn(-c2ccc(C(=O)N[C@H]3CCNC3)cn2)c1O. The van der Waals surface area contributed by atoms with E-state index < -0.39 is 0 Å². The Kier molecular flexibility index (Phi) is 4.97. The lowest BCUT2D eigenvalue weighted by Gasteiger charge is -2.11. The monoisotopic (exact) mass is 388 g/mol. The maximum absolute atomic E-state index is 12.3. The second-order valence-corrected chi connectivity index (χ2v) is 7.00. The molecule has 1 aromatic carbocycles. The van der Waals surface area contributed by atoms with E-state index in [0.29, 0.717) is 22.5 Å². The third-order valence-corrected chi connectivity index (χ3v) is 5.01. The van der Waals surface area contributed by atoms with Crippen LogP contribution in [0.4, 0.5) is 0 Å². The maximum Gasteiger partial charge on any atom is 0.253 e. The molecule has 29 heavy (non-hydrogen) atoms. The molecule has 2 aromatic heterocycles. The van der Waals surface area contributed by atoms with Crippen LogP contribution in [0, 0.1) is 18.3 Å². The summed E-state index contributed by atoms with van der Waals surface area (Å²) in [6.45, 7) is 3.55. The number of benzene rings is 1. The van der Waals surface area contributed by atoms with Crippen molar-refractivity contribution in [3.8, 4) is 28.9 Å². The van der Waals surface area contributed by atoms with Crippen molar-refractivity contribution in [2.75, 3.05) is 13.1 Å². The lowest BCUT2D eigenvalue weighted by Crippen LogP contribution is -2.36.